The van der Waals surface area contributed by atoms with Crippen LogP contribution in [0, 0.1) is 0 Å². The zero-order chi connectivity index (χ0) is 14.8. The predicted molar refractivity (Wildman–Crippen MR) is 82.1 cm³/mol. The SMILES string of the molecule is C=CCSc1ccccc1NC(=O)CCCCC(=O)O. The number of carbonyl (C=O) groups is 2. The van der Waals surface area contributed by atoms with E-state index in [0.29, 0.717) is 19.3 Å². The second kappa shape index (κ2) is 9.20. The quantitative estimate of drug-likeness (QED) is 0.415. The van der Waals surface area contributed by atoms with Crippen molar-refractivity contribution in [2.75, 3.05) is 11.1 Å². The topological polar surface area (TPSA) is 66.4 Å². The van der Waals surface area contributed by atoms with Gasteiger partial charge < -0.3 is 10.4 Å². The predicted octanol–water partition coefficient (Wildman–Crippen LogP) is 3.55. The molecular formula is C15H19NO3S. The van der Waals surface area contributed by atoms with Crippen LogP contribution in [0.1, 0.15) is 25.7 Å². The summed E-state index contributed by atoms with van der Waals surface area (Å²) in [6.45, 7) is 3.67. The average Bonchev–Trinajstić information content (AvgIpc) is 2.42. The number of carboxylic acids is 1. The third-order valence-corrected chi connectivity index (χ3v) is 3.63. The number of hydrogen-bond acceptors (Lipinski definition) is 3. The molecule has 0 saturated heterocycles. The fraction of sp³-hybridized carbons (Fsp3) is 0.333. The van der Waals surface area contributed by atoms with E-state index in [1.807, 2.05) is 30.3 Å². The Hall–Kier alpha value is -1.75. The van der Waals surface area contributed by atoms with Gasteiger partial charge >= 0.3 is 5.97 Å². The molecule has 1 amide bonds. The Bertz CT molecular complexity index is 474. The maximum Gasteiger partial charge on any atom is 0.303 e. The second-order valence-electron chi connectivity index (χ2n) is 4.24. The van der Waals surface area contributed by atoms with Crippen LogP contribution in [-0.2, 0) is 9.59 Å². The molecule has 0 saturated carbocycles. The minimum atomic E-state index is -0.823. The standard InChI is InChI=1S/C15H19NO3S/c1-2-11-20-13-8-4-3-7-12(13)16-14(17)9-5-6-10-15(18)19/h2-4,7-8H,1,5-6,9-11H2,(H,16,17)(H,18,19). The number of carbonyl (C=O) groups excluding carboxylic acids is 1. The van der Waals surface area contributed by atoms with Crippen molar-refractivity contribution in [1.29, 1.82) is 0 Å². The molecule has 108 valence electrons. The van der Waals surface area contributed by atoms with Gasteiger partial charge in [-0.25, -0.2) is 0 Å². The molecule has 0 aliphatic heterocycles. The number of benzene rings is 1. The van der Waals surface area contributed by atoms with Crippen molar-refractivity contribution in [3.63, 3.8) is 0 Å². The fourth-order valence-electron chi connectivity index (χ4n) is 1.62. The lowest BCUT2D eigenvalue weighted by Gasteiger charge is -2.09. The molecule has 0 bridgehead atoms. The number of aliphatic carboxylic acids is 1. The zero-order valence-electron chi connectivity index (χ0n) is 11.3. The number of anilines is 1. The van der Waals surface area contributed by atoms with Crippen molar-refractivity contribution in [3.05, 3.63) is 36.9 Å². The normalized spacial score (nSPS) is 10.0. The molecule has 4 nitrogen and oxygen atoms in total. The molecule has 0 heterocycles. The molecule has 0 atom stereocenters. The first-order valence-corrected chi connectivity index (χ1v) is 7.46. The summed E-state index contributed by atoms with van der Waals surface area (Å²) in [4.78, 5) is 23.2. The molecule has 0 unspecified atom stereocenters. The van der Waals surface area contributed by atoms with Crippen molar-refractivity contribution >= 4 is 29.3 Å². The summed E-state index contributed by atoms with van der Waals surface area (Å²) < 4.78 is 0. The minimum Gasteiger partial charge on any atom is -0.481 e. The molecule has 0 aliphatic carbocycles. The van der Waals surface area contributed by atoms with E-state index < -0.39 is 5.97 Å². The highest BCUT2D eigenvalue weighted by molar-refractivity contribution is 7.99. The van der Waals surface area contributed by atoms with E-state index in [1.165, 1.54) is 0 Å². The van der Waals surface area contributed by atoms with E-state index in [0.717, 1.165) is 16.3 Å². The van der Waals surface area contributed by atoms with Crippen molar-refractivity contribution in [2.45, 2.75) is 30.6 Å². The molecular weight excluding hydrogens is 274 g/mol. The summed E-state index contributed by atoms with van der Waals surface area (Å²) in [7, 11) is 0. The monoisotopic (exact) mass is 293 g/mol. The minimum absolute atomic E-state index is 0.0814. The number of nitrogens with one attached hydrogen (secondary N) is 1. The summed E-state index contributed by atoms with van der Waals surface area (Å²) in [6.07, 6.45) is 3.37. The second-order valence-corrected chi connectivity index (χ2v) is 5.31. The number of unbranched alkanes of at least 4 members (excludes halogenated alkanes) is 1. The first-order chi connectivity index (χ1) is 9.63. The molecule has 0 aliphatic rings. The molecule has 1 rings (SSSR count). The largest absolute Gasteiger partial charge is 0.481 e. The number of thioether (sulfide) groups is 1. The highest BCUT2D eigenvalue weighted by Gasteiger charge is 2.07. The number of amides is 1. The Morgan fingerprint density at radius 3 is 2.65 bits per heavy atom. The van der Waals surface area contributed by atoms with Gasteiger partial charge in [-0.05, 0) is 25.0 Å². The molecule has 2 N–H and O–H groups in total. The van der Waals surface area contributed by atoms with Crippen molar-refractivity contribution in [2.24, 2.45) is 0 Å². The molecule has 0 aromatic heterocycles. The van der Waals surface area contributed by atoms with E-state index in [-0.39, 0.29) is 12.3 Å². The Balaban J connectivity index is 2.44. The van der Waals surface area contributed by atoms with Crippen LogP contribution in [0.25, 0.3) is 0 Å². The third kappa shape index (κ3) is 6.43. The van der Waals surface area contributed by atoms with Gasteiger partial charge in [0.2, 0.25) is 5.91 Å². The number of hydrogen-bond donors (Lipinski definition) is 2. The van der Waals surface area contributed by atoms with Crippen LogP contribution in [0.3, 0.4) is 0 Å². The molecule has 20 heavy (non-hydrogen) atoms. The molecule has 0 fully saturated rings. The van der Waals surface area contributed by atoms with E-state index in [1.54, 1.807) is 11.8 Å². The summed E-state index contributed by atoms with van der Waals surface area (Å²) in [5, 5.41) is 11.4. The van der Waals surface area contributed by atoms with Crippen LogP contribution in [0.4, 0.5) is 5.69 Å². The van der Waals surface area contributed by atoms with Gasteiger partial charge in [-0.15, -0.1) is 18.3 Å². The summed E-state index contributed by atoms with van der Waals surface area (Å²) in [6, 6.07) is 7.61. The van der Waals surface area contributed by atoms with Crippen molar-refractivity contribution in [3.8, 4) is 0 Å². The lowest BCUT2D eigenvalue weighted by atomic mass is 10.2. The fourth-order valence-corrected chi connectivity index (χ4v) is 2.37. The molecule has 0 radical (unpaired) electrons. The van der Waals surface area contributed by atoms with Gasteiger partial charge in [0.25, 0.3) is 0 Å². The molecule has 1 aromatic rings. The summed E-state index contributed by atoms with van der Waals surface area (Å²) in [5.41, 5.74) is 0.794. The summed E-state index contributed by atoms with van der Waals surface area (Å²) in [5.74, 6) is -0.121. The molecule has 1 aromatic carbocycles. The number of carboxylic acid groups (broad SMARTS) is 1. The Morgan fingerprint density at radius 2 is 1.95 bits per heavy atom. The molecule has 5 heteroatoms. The first kappa shape index (κ1) is 16.3. The van der Waals surface area contributed by atoms with E-state index in [9.17, 15) is 9.59 Å². The highest BCUT2D eigenvalue weighted by Crippen LogP contribution is 2.27. The van der Waals surface area contributed by atoms with Crippen molar-refractivity contribution < 1.29 is 14.7 Å². The first-order valence-electron chi connectivity index (χ1n) is 6.48. The van der Waals surface area contributed by atoms with Crippen LogP contribution < -0.4 is 5.32 Å². The van der Waals surface area contributed by atoms with Gasteiger partial charge in [0.05, 0.1) is 5.69 Å². The zero-order valence-corrected chi connectivity index (χ0v) is 12.1. The average molecular weight is 293 g/mol. The Labute approximate surface area is 123 Å². The van der Waals surface area contributed by atoms with E-state index in [4.69, 9.17) is 5.11 Å². The number of para-hydroxylation sites is 1. The summed E-state index contributed by atoms with van der Waals surface area (Å²) >= 11 is 1.61. The third-order valence-electron chi connectivity index (χ3n) is 2.56. The maximum absolute atomic E-state index is 11.8. The van der Waals surface area contributed by atoms with Gasteiger partial charge in [-0.2, -0.15) is 0 Å². The van der Waals surface area contributed by atoms with Crippen LogP contribution in [-0.4, -0.2) is 22.7 Å². The lowest BCUT2D eigenvalue weighted by molar-refractivity contribution is -0.137. The Kier molecular flexibility index (Phi) is 7.50. The van der Waals surface area contributed by atoms with Crippen LogP contribution >= 0.6 is 11.8 Å². The van der Waals surface area contributed by atoms with Crippen LogP contribution in [0.15, 0.2) is 41.8 Å². The van der Waals surface area contributed by atoms with E-state index in [2.05, 4.69) is 11.9 Å². The van der Waals surface area contributed by atoms with Gasteiger partial charge in [0.15, 0.2) is 0 Å². The van der Waals surface area contributed by atoms with E-state index >= 15 is 0 Å². The highest BCUT2D eigenvalue weighted by atomic mass is 32.2. The van der Waals surface area contributed by atoms with Gasteiger partial charge in [-0.1, -0.05) is 18.2 Å². The van der Waals surface area contributed by atoms with Gasteiger partial charge in [0, 0.05) is 23.5 Å². The Morgan fingerprint density at radius 1 is 1.25 bits per heavy atom. The number of rotatable bonds is 9. The smallest absolute Gasteiger partial charge is 0.303 e. The van der Waals surface area contributed by atoms with Crippen LogP contribution in [0.2, 0.25) is 0 Å². The van der Waals surface area contributed by atoms with Gasteiger partial charge in [-0.3, -0.25) is 9.59 Å². The van der Waals surface area contributed by atoms with Crippen LogP contribution in [0.5, 0.6) is 0 Å². The maximum atomic E-state index is 11.8. The van der Waals surface area contributed by atoms with Gasteiger partial charge in [0.1, 0.15) is 0 Å². The van der Waals surface area contributed by atoms with Crippen molar-refractivity contribution in [1.82, 2.24) is 0 Å². The lowest BCUT2D eigenvalue weighted by Crippen LogP contribution is -2.12. The molecule has 0 spiro atoms.